The van der Waals surface area contributed by atoms with Crippen LogP contribution in [0, 0.1) is 0 Å². The van der Waals surface area contributed by atoms with Crippen LogP contribution in [-0.4, -0.2) is 42.6 Å². The summed E-state index contributed by atoms with van der Waals surface area (Å²) in [6.07, 6.45) is 2.24. The third-order valence-corrected chi connectivity index (χ3v) is 7.38. The maximum Gasteiger partial charge on any atom is 0.165 e. The summed E-state index contributed by atoms with van der Waals surface area (Å²) in [6.45, 7) is 9.50. The van der Waals surface area contributed by atoms with Gasteiger partial charge in [-0.3, -0.25) is 4.79 Å². The Morgan fingerprint density at radius 1 is 1.24 bits per heavy atom. The molecule has 1 aliphatic heterocycles. The Labute approximate surface area is 150 Å². The van der Waals surface area contributed by atoms with Gasteiger partial charge in [0.2, 0.25) is 0 Å². The first-order valence-electron chi connectivity index (χ1n) is 8.77. The van der Waals surface area contributed by atoms with Crippen LogP contribution in [0.3, 0.4) is 0 Å². The Hall–Kier alpha value is -1.21. The SMILES string of the molecule is CC(C)(C)c1cc(CC(=O)C(C)(C)S(=O)(=O)CC2CCCCO2)on1. The molecule has 0 saturated carbocycles. The number of carbonyl (C=O) groups excluding carboxylic acids is 1. The summed E-state index contributed by atoms with van der Waals surface area (Å²) in [4.78, 5) is 12.7. The monoisotopic (exact) mass is 371 g/mol. The molecular weight excluding hydrogens is 342 g/mol. The molecule has 0 radical (unpaired) electrons. The van der Waals surface area contributed by atoms with E-state index in [1.165, 1.54) is 13.8 Å². The summed E-state index contributed by atoms with van der Waals surface area (Å²) >= 11 is 0. The average molecular weight is 371 g/mol. The van der Waals surface area contributed by atoms with Gasteiger partial charge < -0.3 is 9.26 Å². The average Bonchev–Trinajstić information content (AvgIpc) is 2.96. The van der Waals surface area contributed by atoms with Crippen LogP contribution in [0.1, 0.15) is 65.3 Å². The molecule has 1 aromatic rings. The van der Waals surface area contributed by atoms with Gasteiger partial charge in [0, 0.05) is 18.1 Å². The lowest BCUT2D eigenvalue weighted by molar-refractivity contribution is -0.120. The van der Waals surface area contributed by atoms with Crippen LogP contribution in [0.25, 0.3) is 0 Å². The third-order valence-electron chi connectivity index (χ3n) is 4.79. The molecule has 0 N–H and O–H groups in total. The number of aromatic nitrogens is 1. The highest BCUT2D eigenvalue weighted by atomic mass is 32.2. The molecule has 0 amide bonds. The second kappa shape index (κ2) is 7.19. The molecule has 7 heteroatoms. The standard InChI is InChI=1S/C18H29NO5S/c1-17(2,3)15-10-14(24-19-15)11-16(20)18(4,5)25(21,22)12-13-8-6-7-9-23-13/h10,13H,6-9,11-12H2,1-5H3. The maximum atomic E-state index is 12.8. The largest absolute Gasteiger partial charge is 0.377 e. The zero-order valence-corrected chi connectivity index (χ0v) is 16.6. The minimum atomic E-state index is -3.64. The van der Waals surface area contributed by atoms with Gasteiger partial charge in [-0.15, -0.1) is 0 Å². The van der Waals surface area contributed by atoms with Gasteiger partial charge in [-0.25, -0.2) is 8.42 Å². The Bertz CT molecular complexity index is 706. The van der Waals surface area contributed by atoms with Crippen molar-refractivity contribution in [3.05, 3.63) is 17.5 Å². The van der Waals surface area contributed by atoms with E-state index in [1.807, 2.05) is 20.8 Å². The van der Waals surface area contributed by atoms with Gasteiger partial charge in [0.25, 0.3) is 0 Å². The van der Waals surface area contributed by atoms with Crippen LogP contribution < -0.4 is 0 Å². The van der Waals surface area contributed by atoms with Crippen molar-refractivity contribution in [2.75, 3.05) is 12.4 Å². The second-order valence-corrected chi connectivity index (χ2v) is 10.9. The molecule has 2 heterocycles. The molecule has 6 nitrogen and oxygen atoms in total. The fourth-order valence-corrected chi connectivity index (χ4v) is 4.27. The summed E-state index contributed by atoms with van der Waals surface area (Å²) in [6, 6.07) is 1.73. The lowest BCUT2D eigenvalue weighted by Gasteiger charge is -2.28. The van der Waals surface area contributed by atoms with Crippen LogP contribution in [0.15, 0.2) is 10.6 Å². The summed E-state index contributed by atoms with van der Waals surface area (Å²) < 4.78 is 34.8. The Morgan fingerprint density at radius 3 is 2.44 bits per heavy atom. The molecule has 2 rings (SSSR count). The summed E-state index contributed by atoms with van der Waals surface area (Å²) in [5.74, 6) is -0.109. The van der Waals surface area contributed by atoms with Crippen molar-refractivity contribution < 1.29 is 22.5 Å². The molecule has 0 aliphatic carbocycles. The smallest absolute Gasteiger partial charge is 0.165 e. The number of sulfone groups is 1. The van der Waals surface area contributed by atoms with Crippen molar-refractivity contribution >= 4 is 15.6 Å². The minimum Gasteiger partial charge on any atom is -0.377 e. The molecule has 0 spiro atoms. The van der Waals surface area contributed by atoms with Crippen molar-refractivity contribution in [2.45, 2.75) is 76.6 Å². The number of rotatable bonds is 6. The number of carbonyl (C=O) groups is 1. The lowest BCUT2D eigenvalue weighted by Crippen LogP contribution is -2.45. The van der Waals surface area contributed by atoms with E-state index in [2.05, 4.69) is 5.16 Å². The molecule has 0 aromatic carbocycles. The fourth-order valence-electron chi connectivity index (χ4n) is 2.69. The number of hydrogen-bond acceptors (Lipinski definition) is 6. The third kappa shape index (κ3) is 4.70. The van der Waals surface area contributed by atoms with Gasteiger partial charge in [-0.1, -0.05) is 25.9 Å². The van der Waals surface area contributed by atoms with Crippen LogP contribution in [-0.2, 0) is 31.2 Å². The number of ether oxygens (including phenoxy) is 1. The van der Waals surface area contributed by atoms with Gasteiger partial charge in [-0.2, -0.15) is 0 Å². The highest BCUT2D eigenvalue weighted by molar-refractivity contribution is 7.93. The quantitative estimate of drug-likeness (QED) is 0.764. The number of nitrogens with zero attached hydrogens (tertiary/aromatic N) is 1. The zero-order valence-electron chi connectivity index (χ0n) is 15.8. The van der Waals surface area contributed by atoms with Gasteiger partial charge in [0.05, 0.1) is 24.0 Å². The van der Waals surface area contributed by atoms with Crippen molar-refractivity contribution in [3.63, 3.8) is 0 Å². The zero-order chi connectivity index (χ0) is 18.9. The molecule has 142 valence electrons. The van der Waals surface area contributed by atoms with Gasteiger partial charge in [0.1, 0.15) is 10.5 Å². The van der Waals surface area contributed by atoms with Crippen LogP contribution in [0.4, 0.5) is 0 Å². The summed E-state index contributed by atoms with van der Waals surface area (Å²) in [7, 11) is -3.64. The molecule has 1 atom stereocenters. The van der Waals surface area contributed by atoms with Crippen LogP contribution >= 0.6 is 0 Å². The second-order valence-electron chi connectivity index (χ2n) is 8.31. The normalized spacial score (nSPS) is 19.8. The molecule has 1 aliphatic rings. The van der Waals surface area contributed by atoms with E-state index < -0.39 is 14.6 Å². The molecular formula is C18H29NO5S. The first-order valence-corrected chi connectivity index (χ1v) is 10.4. The Kier molecular flexibility index (Phi) is 5.78. The van der Waals surface area contributed by atoms with E-state index in [9.17, 15) is 13.2 Å². The predicted octanol–water partition coefficient (Wildman–Crippen LogP) is 2.85. The topological polar surface area (TPSA) is 86.5 Å². The maximum absolute atomic E-state index is 12.8. The van der Waals surface area contributed by atoms with E-state index >= 15 is 0 Å². The van der Waals surface area contributed by atoms with Crippen LogP contribution in [0.5, 0.6) is 0 Å². The van der Waals surface area contributed by atoms with Crippen molar-refractivity contribution in [2.24, 2.45) is 0 Å². The fraction of sp³-hybridized carbons (Fsp3) is 0.778. The number of Topliss-reactive ketones (excluding diaryl/α,β-unsaturated/α-hetero) is 1. The number of ketones is 1. The van der Waals surface area contributed by atoms with Gasteiger partial charge >= 0.3 is 0 Å². The van der Waals surface area contributed by atoms with Crippen LogP contribution in [0.2, 0.25) is 0 Å². The summed E-state index contributed by atoms with van der Waals surface area (Å²) in [5, 5.41) is 3.98. The molecule has 1 unspecified atom stereocenters. The Morgan fingerprint density at radius 2 is 1.92 bits per heavy atom. The molecule has 1 fully saturated rings. The van der Waals surface area contributed by atoms with Gasteiger partial charge in [0.15, 0.2) is 15.6 Å². The lowest BCUT2D eigenvalue weighted by atomic mass is 9.92. The highest BCUT2D eigenvalue weighted by Gasteiger charge is 2.43. The van der Waals surface area contributed by atoms with Crippen molar-refractivity contribution in [1.29, 1.82) is 0 Å². The first-order chi connectivity index (χ1) is 11.4. The molecule has 1 saturated heterocycles. The van der Waals surface area contributed by atoms with Crippen molar-refractivity contribution in [1.82, 2.24) is 5.16 Å². The number of hydrogen-bond donors (Lipinski definition) is 0. The predicted molar refractivity (Wildman–Crippen MR) is 95.4 cm³/mol. The highest BCUT2D eigenvalue weighted by Crippen LogP contribution is 2.26. The van der Waals surface area contributed by atoms with E-state index in [4.69, 9.17) is 9.26 Å². The van der Waals surface area contributed by atoms with Gasteiger partial charge in [-0.05, 0) is 33.1 Å². The van der Waals surface area contributed by atoms with E-state index in [0.717, 1.165) is 25.0 Å². The molecule has 1 aromatic heterocycles. The molecule has 25 heavy (non-hydrogen) atoms. The van der Waals surface area contributed by atoms with E-state index in [0.29, 0.717) is 12.4 Å². The van der Waals surface area contributed by atoms with E-state index in [-0.39, 0.29) is 29.5 Å². The van der Waals surface area contributed by atoms with E-state index in [1.54, 1.807) is 6.07 Å². The summed E-state index contributed by atoms with van der Waals surface area (Å²) in [5.41, 5.74) is 0.552. The molecule has 0 bridgehead atoms. The minimum absolute atomic E-state index is 0.0825. The Balaban J connectivity index is 2.09. The van der Waals surface area contributed by atoms with Crippen molar-refractivity contribution in [3.8, 4) is 0 Å². The first kappa shape index (κ1) is 20.1.